The molecule has 0 atom stereocenters. The number of aryl methyl sites for hydroxylation is 1. The van der Waals surface area contributed by atoms with Gasteiger partial charge in [0.1, 0.15) is 0 Å². The summed E-state index contributed by atoms with van der Waals surface area (Å²) in [6, 6.07) is 13.6. The molecule has 0 radical (unpaired) electrons. The van der Waals surface area contributed by atoms with E-state index in [9.17, 15) is 4.79 Å². The number of hydrogen-bond donors (Lipinski definition) is 1. The highest BCUT2D eigenvalue weighted by Gasteiger charge is 2.35. The maximum Gasteiger partial charge on any atom is 0.235 e. The van der Waals surface area contributed by atoms with E-state index in [-0.39, 0.29) is 11.8 Å². The van der Waals surface area contributed by atoms with E-state index in [1.54, 1.807) is 11.9 Å². The van der Waals surface area contributed by atoms with Gasteiger partial charge in [0.05, 0.1) is 15.8 Å². The normalized spacial score (nSPS) is 14.0. The van der Waals surface area contributed by atoms with E-state index in [0.29, 0.717) is 28.3 Å². The average molecular weight is 479 g/mol. The minimum Gasteiger partial charge on any atom is -0.370 e. The predicted octanol–water partition coefficient (Wildman–Crippen LogP) is 5.49. The highest BCUT2D eigenvalue weighted by atomic mass is 35.5. The molecule has 0 spiro atoms. The Balaban J connectivity index is 1.41. The number of carbonyl (C=O) groups excluding carboxylic acids is 1. The Kier molecular flexibility index (Phi) is 6.27. The van der Waals surface area contributed by atoms with Crippen molar-refractivity contribution in [3.8, 4) is 11.1 Å². The summed E-state index contributed by atoms with van der Waals surface area (Å²) in [7, 11) is 1.77. The van der Waals surface area contributed by atoms with Gasteiger partial charge in [0.25, 0.3) is 0 Å². The van der Waals surface area contributed by atoms with Gasteiger partial charge in [0.2, 0.25) is 5.91 Å². The molecule has 1 fully saturated rings. The maximum absolute atomic E-state index is 12.8. The van der Waals surface area contributed by atoms with Crippen LogP contribution in [0.15, 0.2) is 46.7 Å². The number of rotatable bonds is 5. The first-order valence-corrected chi connectivity index (χ1v) is 11.8. The Hall–Kier alpha value is -1.77. The second kappa shape index (κ2) is 8.77. The molecule has 2 aromatic carbocycles. The Morgan fingerprint density at radius 3 is 2.40 bits per heavy atom. The summed E-state index contributed by atoms with van der Waals surface area (Å²) >= 11 is 15.2. The molecule has 30 heavy (non-hydrogen) atoms. The van der Waals surface area contributed by atoms with Crippen LogP contribution in [0.2, 0.25) is 10.0 Å². The van der Waals surface area contributed by atoms with Crippen molar-refractivity contribution >= 4 is 63.2 Å². The number of carbonyl (C=O) groups is 1. The molecule has 1 saturated heterocycles. The zero-order chi connectivity index (χ0) is 21.4. The summed E-state index contributed by atoms with van der Waals surface area (Å²) in [5, 5.41) is 7.58. The van der Waals surface area contributed by atoms with Gasteiger partial charge in [-0.05, 0) is 48.7 Å². The van der Waals surface area contributed by atoms with Crippen LogP contribution in [0.4, 0.5) is 10.8 Å². The third-order valence-corrected chi connectivity index (χ3v) is 7.89. The number of nitrogens with zero attached hydrogens (tertiary/aromatic N) is 3. The van der Waals surface area contributed by atoms with Gasteiger partial charge >= 0.3 is 0 Å². The number of hydrogen-bond acceptors (Lipinski definition) is 6. The zero-order valence-electron chi connectivity index (χ0n) is 16.4. The van der Waals surface area contributed by atoms with Crippen molar-refractivity contribution in [1.29, 1.82) is 0 Å². The second-order valence-electron chi connectivity index (χ2n) is 7.13. The van der Waals surface area contributed by atoms with E-state index in [4.69, 9.17) is 28.3 Å². The van der Waals surface area contributed by atoms with Gasteiger partial charge in [-0.2, -0.15) is 0 Å². The standard InChI is InChI=1S/C21H20Cl2N4OS2/c1-12-20(30-24)29-21(25-12)26(2)19(28)14-10-27(11-14)15-8-6-13(7-9-15)18-16(22)4-3-5-17(18)23/h3-9,14H,10-11,24H2,1-2H3. The van der Waals surface area contributed by atoms with Crippen LogP contribution < -0.4 is 14.9 Å². The third-order valence-electron chi connectivity index (χ3n) is 5.18. The van der Waals surface area contributed by atoms with Gasteiger partial charge in [0.15, 0.2) is 5.13 Å². The lowest BCUT2D eigenvalue weighted by Gasteiger charge is -2.41. The monoisotopic (exact) mass is 478 g/mol. The molecule has 1 amide bonds. The molecule has 156 valence electrons. The zero-order valence-corrected chi connectivity index (χ0v) is 19.6. The molecule has 1 aliphatic heterocycles. The van der Waals surface area contributed by atoms with Crippen LogP contribution in [-0.4, -0.2) is 31.0 Å². The van der Waals surface area contributed by atoms with E-state index in [2.05, 4.69) is 9.88 Å². The summed E-state index contributed by atoms with van der Waals surface area (Å²) in [5.74, 6) is 0.0268. The lowest BCUT2D eigenvalue weighted by molar-refractivity contribution is -0.122. The summed E-state index contributed by atoms with van der Waals surface area (Å²) in [6.07, 6.45) is 0. The van der Waals surface area contributed by atoms with E-state index >= 15 is 0 Å². The van der Waals surface area contributed by atoms with Crippen LogP contribution in [0, 0.1) is 12.8 Å². The van der Waals surface area contributed by atoms with Gasteiger partial charge in [0, 0.05) is 41.4 Å². The van der Waals surface area contributed by atoms with E-state index < -0.39 is 0 Å². The second-order valence-corrected chi connectivity index (χ2v) is 9.82. The number of amides is 1. The first kappa shape index (κ1) is 21.5. The Labute approximate surface area is 193 Å². The number of halogens is 2. The number of anilines is 2. The van der Waals surface area contributed by atoms with Gasteiger partial charge in [-0.3, -0.25) is 14.8 Å². The van der Waals surface area contributed by atoms with E-state index in [1.165, 1.54) is 23.3 Å². The molecule has 5 nitrogen and oxygen atoms in total. The maximum atomic E-state index is 12.8. The van der Waals surface area contributed by atoms with Gasteiger partial charge in [-0.1, -0.05) is 52.7 Å². The molecule has 1 aromatic heterocycles. The first-order chi connectivity index (χ1) is 14.4. The molecule has 9 heteroatoms. The summed E-state index contributed by atoms with van der Waals surface area (Å²) in [4.78, 5) is 21.1. The van der Waals surface area contributed by atoms with Crippen LogP contribution in [0.1, 0.15) is 5.69 Å². The molecule has 2 N–H and O–H groups in total. The molecule has 1 aliphatic rings. The van der Waals surface area contributed by atoms with Crippen LogP contribution >= 0.6 is 46.5 Å². The Bertz CT molecular complexity index is 1060. The fourth-order valence-electron chi connectivity index (χ4n) is 3.45. The highest BCUT2D eigenvalue weighted by Crippen LogP contribution is 2.37. The van der Waals surface area contributed by atoms with Gasteiger partial charge in [-0.15, -0.1) is 0 Å². The Morgan fingerprint density at radius 1 is 1.20 bits per heavy atom. The molecular formula is C21H20Cl2N4OS2. The van der Waals surface area contributed by atoms with E-state index in [0.717, 1.165) is 26.7 Å². The average Bonchev–Trinajstić information content (AvgIpc) is 3.08. The Morgan fingerprint density at radius 2 is 1.83 bits per heavy atom. The summed E-state index contributed by atoms with van der Waals surface area (Å²) in [5.41, 5.74) is 3.73. The minimum absolute atomic E-state index is 0.0501. The molecule has 0 saturated carbocycles. The largest absolute Gasteiger partial charge is 0.370 e. The molecule has 0 aliphatic carbocycles. The number of aromatic nitrogens is 1. The lowest BCUT2D eigenvalue weighted by atomic mass is 9.97. The lowest BCUT2D eigenvalue weighted by Crippen LogP contribution is -2.54. The van der Waals surface area contributed by atoms with Crippen molar-refractivity contribution in [2.24, 2.45) is 11.1 Å². The van der Waals surface area contributed by atoms with Crippen molar-refractivity contribution in [3.63, 3.8) is 0 Å². The first-order valence-electron chi connectivity index (χ1n) is 9.30. The topological polar surface area (TPSA) is 62.5 Å². The van der Waals surface area contributed by atoms with Crippen molar-refractivity contribution in [1.82, 2.24) is 4.98 Å². The van der Waals surface area contributed by atoms with E-state index in [1.807, 2.05) is 49.4 Å². The van der Waals surface area contributed by atoms with Crippen LogP contribution in [0.5, 0.6) is 0 Å². The van der Waals surface area contributed by atoms with Crippen molar-refractivity contribution in [2.75, 3.05) is 29.9 Å². The number of thiazole rings is 1. The quantitative estimate of drug-likeness (QED) is 0.491. The molecular weight excluding hydrogens is 459 g/mol. The molecule has 0 unspecified atom stereocenters. The number of nitrogens with two attached hydrogens (primary N) is 1. The minimum atomic E-state index is -0.0501. The van der Waals surface area contributed by atoms with Crippen LogP contribution in [0.25, 0.3) is 11.1 Å². The predicted molar refractivity (Wildman–Crippen MR) is 128 cm³/mol. The van der Waals surface area contributed by atoms with Crippen molar-refractivity contribution in [3.05, 3.63) is 58.2 Å². The molecule has 4 rings (SSSR count). The smallest absolute Gasteiger partial charge is 0.235 e. The molecule has 3 aromatic rings. The fourth-order valence-corrected chi connectivity index (χ4v) is 5.46. The van der Waals surface area contributed by atoms with Crippen LogP contribution in [0.3, 0.4) is 0 Å². The van der Waals surface area contributed by atoms with Crippen LogP contribution in [-0.2, 0) is 4.79 Å². The van der Waals surface area contributed by atoms with Crippen molar-refractivity contribution in [2.45, 2.75) is 11.1 Å². The number of benzene rings is 2. The van der Waals surface area contributed by atoms with Crippen molar-refractivity contribution < 1.29 is 4.79 Å². The fraction of sp³-hybridized carbons (Fsp3) is 0.238. The summed E-state index contributed by atoms with van der Waals surface area (Å²) in [6.45, 7) is 3.26. The van der Waals surface area contributed by atoms with Gasteiger partial charge < -0.3 is 4.90 Å². The highest BCUT2D eigenvalue weighted by molar-refractivity contribution is 7.99. The molecule has 0 bridgehead atoms. The summed E-state index contributed by atoms with van der Waals surface area (Å²) < 4.78 is 0.929. The van der Waals surface area contributed by atoms with Gasteiger partial charge in [-0.25, -0.2) is 4.98 Å². The third kappa shape index (κ3) is 4.05. The molecule has 2 heterocycles. The SMILES string of the molecule is Cc1nc(N(C)C(=O)C2CN(c3ccc(-c4c(Cl)cccc4Cl)cc3)C2)sc1SN.